The van der Waals surface area contributed by atoms with Gasteiger partial charge in [-0.3, -0.25) is 4.79 Å². The number of benzene rings is 1. The second-order valence-electron chi connectivity index (χ2n) is 3.78. The standard InChI is InChI=1S/C14H17NO/c1-4-15-9-13-5-6-14(12(3)8-13)7-11(2)10-16/h4-8,10,15H,1,9H2,2-3H3/b11-7+. The van der Waals surface area contributed by atoms with Gasteiger partial charge in [0.05, 0.1) is 0 Å². The van der Waals surface area contributed by atoms with Crippen molar-refractivity contribution in [1.82, 2.24) is 5.32 Å². The highest BCUT2D eigenvalue weighted by atomic mass is 16.1. The minimum atomic E-state index is 0.736. The van der Waals surface area contributed by atoms with Crippen LogP contribution in [0.15, 0.2) is 36.6 Å². The number of aldehydes is 1. The zero-order valence-corrected chi connectivity index (χ0v) is 9.79. The predicted octanol–water partition coefficient (Wildman–Crippen LogP) is 2.83. The first-order chi connectivity index (χ1) is 7.67. The fourth-order valence-corrected chi connectivity index (χ4v) is 1.48. The van der Waals surface area contributed by atoms with E-state index in [0.29, 0.717) is 0 Å². The van der Waals surface area contributed by atoms with Crippen LogP contribution in [0.4, 0.5) is 0 Å². The average Bonchev–Trinajstić information content (AvgIpc) is 2.29. The second-order valence-corrected chi connectivity index (χ2v) is 3.78. The Morgan fingerprint density at radius 1 is 1.50 bits per heavy atom. The fraction of sp³-hybridized carbons (Fsp3) is 0.214. The molecule has 1 aromatic rings. The maximum atomic E-state index is 10.5. The molecule has 0 heterocycles. The first-order valence-corrected chi connectivity index (χ1v) is 5.24. The normalized spacial score (nSPS) is 11.0. The largest absolute Gasteiger partial charge is 0.387 e. The fourth-order valence-electron chi connectivity index (χ4n) is 1.48. The van der Waals surface area contributed by atoms with E-state index < -0.39 is 0 Å². The average molecular weight is 215 g/mol. The van der Waals surface area contributed by atoms with Crippen molar-refractivity contribution < 1.29 is 4.79 Å². The van der Waals surface area contributed by atoms with Crippen LogP contribution in [0.2, 0.25) is 0 Å². The van der Waals surface area contributed by atoms with E-state index in [4.69, 9.17) is 0 Å². The van der Waals surface area contributed by atoms with Gasteiger partial charge in [0.25, 0.3) is 0 Å². The number of hydrogen-bond donors (Lipinski definition) is 1. The smallest absolute Gasteiger partial charge is 0.145 e. The maximum Gasteiger partial charge on any atom is 0.145 e. The Kier molecular flexibility index (Phi) is 4.52. The van der Waals surface area contributed by atoms with Crippen molar-refractivity contribution in [1.29, 1.82) is 0 Å². The number of nitrogens with one attached hydrogen (secondary N) is 1. The number of rotatable bonds is 5. The molecule has 0 radical (unpaired) electrons. The van der Waals surface area contributed by atoms with Gasteiger partial charge in [0.1, 0.15) is 6.29 Å². The van der Waals surface area contributed by atoms with E-state index in [2.05, 4.69) is 18.0 Å². The highest BCUT2D eigenvalue weighted by Gasteiger charge is 1.98. The van der Waals surface area contributed by atoms with Crippen molar-refractivity contribution in [2.75, 3.05) is 0 Å². The minimum Gasteiger partial charge on any atom is -0.387 e. The van der Waals surface area contributed by atoms with Crippen LogP contribution >= 0.6 is 0 Å². The van der Waals surface area contributed by atoms with E-state index in [0.717, 1.165) is 24.0 Å². The Morgan fingerprint density at radius 3 is 2.81 bits per heavy atom. The van der Waals surface area contributed by atoms with Crippen LogP contribution in [0, 0.1) is 6.92 Å². The third-order valence-corrected chi connectivity index (χ3v) is 2.35. The predicted molar refractivity (Wildman–Crippen MR) is 67.9 cm³/mol. The van der Waals surface area contributed by atoms with Crippen molar-refractivity contribution in [2.24, 2.45) is 0 Å². The van der Waals surface area contributed by atoms with Gasteiger partial charge < -0.3 is 5.32 Å². The summed E-state index contributed by atoms with van der Waals surface area (Å²) < 4.78 is 0. The molecule has 0 aliphatic rings. The van der Waals surface area contributed by atoms with E-state index >= 15 is 0 Å². The molecule has 0 atom stereocenters. The minimum absolute atomic E-state index is 0.736. The van der Waals surface area contributed by atoms with Crippen molar-refractivity contribution in [2.45, 2.75) is 20.4 Å². The van der Waals surface area contributed by atoms with Gasteiger partial charge in [-0.2, -0.15) is 0 Å². The molecule has 1 N–H and O–H groups in total. The molecule has 2 nitrogen and oxygen atoms in total. The molecule has 2 heteroatoms. The van der Waals surface area contributed by atoms with Crippen LogP contribution in [0.25, 0.3) is 6.08 Å². The molecule has 0 bridgehead atoms. The molecule has 0 aliphatic carbocycles. The van der Waals surface area contributed by atoms with Gasteiger partial charge in [0.2, 0.25) is 0 Å². The summed E-state index contributed by atoms with van der Waals surface area (Å²) in [6.07, 6.45) is 4.44. The SMILES string of the molecule is C=CNCc1ccc(/C=C(\C)C=O)c(C)c1. The van der Waals surface area contributed by atoms with E-state index in [1.54, 1.807) is 13.1 Å². The van der Waals surface area contributed by atoms with Crippen LogP contribution in [0.5, 0.6) is 0 Å². The van der Waals surface area contributed by atoms with Crippen LogP contribution in [0.1, 0.15) is 23.6 Å². The van der Waals surface area contributed by atoms with Gasteiger partial charge in [-0.15, -0.1) is 0 Å². The molecule has 84 valence electrons. The zero-order valence-electron chi connectivity index (χ0n) is 9.79. The third kappa shape index (κ3) is 3.39. The Morgan fingerprint density at radius 2 is 2.25 bits per heavy atom. The van der Waals surface area contributed by atoms with Crippen molar-refractivity contribution in [3.8, 4) is 0 Å². The summed E-state index contributed by atoms with van der Waals surface area (Å²) in [6.45, 7) is 8.23. The highest BCUT2D eigenvalue weighted by Crippen LogP contribution is 2.14. The molecule has 0 fully saturated rings. The number of hydrogen-bond acceptors (Lipinski definition) is 2. The summed E-state index contributed by atoms with van der Waals surface area (Å²) in [5, 5.41) is 3.06. The van der Waals surface area contributed by atoms with Gasteiger partial charge in [-0.1, -0.05) is 24.8 Å². The number of allylic oxidation sites excluding steroid dienone is 1. The lowest BCUT2D eigenvalue weighted by molar-refractivity contribution is -0.104. The summed E-state index contributed by atoms with van der Waals surface area (Å²) in [4.78, 5) is 10.5. The summed E-state index contributed by atoms with van der Waals surface area (Å²) in [6, 6.07) is 6.19. The molecule has 0 amide bonds. The summed E-state index contributed by atoms with van der Waals surface area (Å²) in [5.74, 6) is 0. The van der Waals surface area contributed by atoms with Crippen molar-refractivity contribution >= 4 is 12.4 Å². The molecule has 1 aromatic carbocycles. The van der Waals surface area contributed by atoms with E-state index in [9.17, 15) is 4.79 Å². The van der Waals surface area contributed by atoms with E-state index in [1.807, 2.05) is 25.1 Å². The van der Waals surface area contributed by atoms with Gasteiger partial charge >= 0.3 is 0 Å². The number of aryl methyl sites for hydroxylation is 1. The lowest BCUT2D eigenvalue weighted by atomic mass is 10.0. The Bertz CT molecular complexity index is 419. The van der Waals surface area contributed by atoms with Gasteiger partial charge in [0.15, 0.2) is 0 Å². The van der Waals surface area contributed by atoms with Crippen LogP contribution in [-0.4, -0.2) is 6.29 Å². The molecule has 0 unspecified atom stereocenters. The van der Waals surface area contributed by atoms with Crippen LogP contribution in [-0.2, 0) is 11.3 Å². The Labute approximate surface area is 96.7 Å². The number of carbonyl (C=O) groups excluding carboxylic acids is 1. The summed E-state index contributed by atoms with van der Waals surface area (Å²) in [5.41, 5.74) is 4.20. The molecular weight excluding hydrogens is 198 g/mol. The molecule has 0 saturated heterocycles. The first kappa shape index (κ1) is 12.2. The molecule has 16 heavy (non-hydrogen) atoms. The summed E-state index contributed by atoms with van der Waals surface area (Å²) >= 11 is 0. The quantitative estimate of drug-likeness (QED) is 0.604. The van der Waals surface area contributed by atoms with Gasteiger partial charge in [-0.05, 0) is 48.4 Å². The topological polar surface area (TPSA) is 29.1 Å². The van der Waals surface area contributed by atoms with E-state index in [-0.39, 0.29) is 0 Å². The monoisotopic (exact) mass is 215 g/mol. The van der Waals surface area contributed by atoms with E-state index in [1.165, 1.54) is 11.1 Å². The zero-order chi connectivity index (χ0) is 12.0. The third-order valence-electron chi connectivity index (χ3n) is 2.35. The second kappa shape index (κ2) is 5.91. The lowest BCUT2D eigenvalue weighted by Gasteiger charge is -2.06. The molecule has 0 saturated carbocycles. The Balaban J connectivity index is 2.91. The lowest BCUT2D eigenvalue weighted by Crippen LogP contribution is -2.03. The molecule has 1 rings (SSSR count). The molecular formula is C14H17NO. The molecule has 0 spiro atoms. The van der Waals surface area contributed by atoms with Gasteiger partial charge in [0, 0.05) is 6.54 Å². The van der Waals surface area contributed by atoms with Crippen molar-refractivity contribution in [3.63, 3.8) is 0 Å². The number of carbonyl (C=O) groups is 1. The summed E-state index contributed by atoms with van der Waals surface area (Å²) in [7, 11) is 0. The maximum absolute atomic E-state index is 10.5. The van der Waals surface area contributed by atoms with Gasteiger partial charge in [-0.25, -0.2) is 0 Å². The first-order valence-electron chi connectivity index (χ1n) is 5.24. The van der Waals surface area contributed by atoms with Crippen LogP contribution in [0.3, 0.4) is 0 Å². The Hall–Kier alpha value is -1.83. The highest BCUT2D eigenvalue weighted by molar-refractivity contribution is 5.81. The van der Waals surface area contributed by atoms with Crippen LogP contribution < -0.4 is 5.32 Å². The van der Waals surface area contributed by atoms with Crippen molar-refractivity contribution in [3.05, 3.63) is 53.2 Å². The molecule has 0 aliphatic heterocycles. The molecule has 0 aromatic heterocycles.